The van der Waals surface area contributed by atoms with E-state index in [0.717, 1.165) is 0 Å². The van der Waals surface area contributed by atoms with E-state index in [1.165, 1.54) is 18.7 Å². The van der Waals surface area contributed by atoms with Gasteiger partial charge in [-0.1, -0.05) is 17.7 Å². The number of hydrogen-bond acceptors (Lipinski definition) is 4. The van der Waals surface area contributed by atoms with Crippen LogP contribution in [-0.4, -0.2) is 15.9 Å². The van der Waals surface area contributed by atoms with Gasteiger partial charge in [-0.15, -0.1) is 0 Å². The Labute approximate surface area is 103 Å². The lowest BCUT2D eigenvalue weighted by atomic mass is 10.2. The second kappa shape index (κ2) is 4.80. The SMILES string of the molecule is Nc1cccc(Cl)c1NC(=O)c1cncnc1. The lowest BCUT2D eigenvalue weighted by molar-refractivity contribution is 0.102. The van der Waals surface area contributed by atoms with Crippen molar-refractivity contribution < 1.29 is 4.79 Å². The summed E-state index contributed by atoms with van der Waals surface area (Å²) in [5.74, 6) is -0.356. The molecule has 1 amide bonds. The normalized spacial score (nSPS) is 9.94. The molecule has 0 aliphatic heterocycles. The Morgan fingerprint density at radius 3 is 2.65 bits per heavy atom. The number of nitrogens with zero attached hydrogens (tertiary/aromatic N) is 2. The molecule has 6 heteroatoms. The van der Waals surface area contributed by atoms with Crippen LogP contribution in [0.2, 0.25) is 5.02 Å². The summed E-state index contributed by atoms with van der Waals surface area (Å²) in [5, 5.41) is 3.00. The van der Waals surface area contributed by atoms with Gasteiger partial charge in [0.15, 0.2) is 0 Å². The number of aromatic nitrogens is 2. The van der Waals surface area contributed by atoms with Gasteiger partial charge in [0.1, 0.15) is 6.33 Å². The zero-order valence-electron chi connectivity index (χ0n) is 8.72. The minimum atomic E-state index is -0.356. The second-order valence-corrected chi connectivity index (χ2v) is 3.69. The standard InChI is InChI=1S/C11H9ClN4O/c12-8-2-1-3-9(13)10(8)16-11(17)7-4-14-6-15-5-7/h1-6H,13H2,(H,16,17). The van der Waals surface area contributed by atoms with Crippen LogP contribution in [0, 0.1) is 0 Å². The predicted octanol–water partition coefficient (Wildman–Crippen LogP) is 1.96. The first kappa shape index (κ1) is 11.3. The van der Waals surface area contributed by atoms with Crippen LogP contribution < -0.4 is 11.1 Å². The molecule has 1 aromatic heterocycles. The largest absolute Gasteiger partial charge is 0.397 e. The summed E-state index contributed by atoms with van der Waals surface area (Å²) >= 11 is 5.94. The summed E-state index contributed by atoms with van der Waals surface area (Å²) in [6.07, 6.45) is 4.17. The van der Waals surface area contributed by atoms with Crippen molar-refractivity contribution in [2.75, 3.05) is 11.1 Å². The first-order chi connectivity index (χ1) is 8.18. The Morgan fingerprint density at radius 2 is 2.00 bits per heavy atom. The average molecular weight is 249 g/mol. The summed E-state index contributed by atoms with van der Waals surface area (Å²) in [5.41, 5.74) is 6.85. The van der Waals surface area contributed by atoms with E-state index in [1.807, 2.05) is 0 Å². The van der Waals surface area contributed by atoms with Gasteiger partial charge in [0.05, 0.1) is 22.0 Å². The van der Waals surface area contributed by atoms with Crippen LogP contribution in [-0.2, 0) is 0 Å². The van der Waals surface area contributed by atoms with E-state index in [2.05, 4.69) is 15.3 Å². The van der Waals surface area contributed by atoms with Crippen LogP contribution in [0.1, 0.15) is 10.4 Å². The highest BCUT2D eigenvalue weighted by Gasteiger charge is 2.10. The number of benzene rings is 1. The van der Waals surface area contributed by atoms with Gasteiger partial charge in [0.25, 0.3) is 5.91 Å². The molecule has 0 radical (unpaired) electrons. The molecule has 1 aromatic carbocycles. The molecule has 0 saturated carbocycles. The van der Waals surface area contributed by atoms with Crippen molar-refractivity contribution in [1.82, 2.24) is 9.97 Å². The molecular formula is C11H9ClN4O. The van der Waals surface area contributed by atoms with Crippen molar-refractivity contribution in [3.8, 4) is 0 Å². The minimum absolute atomic E-state index is 0.340. The Hall–Kier alpha value is -2.14. The molecule has 2 aromatic rings. The number of nitrogens with one attached hydrogen (secondary N) is 1. The zero-order valence-corrected chi connectivity index (χ0v) is 9.48. The van der Waals surface area contributed by atoms with Gasteiger partial charge in [-0.3, -0.25) is 4.79 Å². The highest BCUT2D eigenvalue weighted by molar-refractivity contribution is 6.34. The smallest absolute Gasteiger partial charge is 0.258 e. The predicted molar refractivity (Wildman–Crippen MR) is 65.8 cm³/mol. The van der Waals surface area contributed by atoms with Crippen molar-refractivity contribution in [3.05, 3.63) is 47.5 Å². The number of rotatable bonds is 2. The maximum atomic E-state index is 11.8. The van der Waals surface area contributed by atoms with Crippen molar-refractivity contribution >= 4 is 28.9 Å². The van der Waals surface area contributed by atoms with E-state index in [9.17, 15) is 4.79 Å². The molecule has 0 fully saturated rings. The van der Waals surface area contributed by atoms with Crippen molar-refractivity contribution in [3.63, 3.8) is 0 Å². The molecule has 0 unspecified atom stereocenters. The Bertz CT molecular complexity index is 524. The number of nitrogens with two attached hydrogens (primary N) is 1. The Kier molecular flexibility index (Phi) is 3.20. The number of hydrogen-bond donors (Lipinski definition) is 2. The highest BCUT2D eigenvalue weighted by Crippen LogP contribution is 2.28. The molecule has 1 heterocycles. The van der Waals surface area contributed by atoms with Crippen molar-refractivity contribution in [1.29, 1.82) is 0 Å². The van der Waals surface area contributed by atoms with Crippen molar-refractivity contribution in [2.45, 2.75) is 0 Å². The monoisotopic (exact) mass is 248 g/mol. The second-order valence-electron chi connectivity index (χ2n) is 3.29. The fraction of sp³-hybridized carbons (Fsp3) is 0. The third-order valence-electron chi connectivity index (χ3n) is 2.11. The van der Waals surface area contributed by atoms with E-state index in [-0.39, 0.29) is 5.91 Å². The van der Waals surface area contributed by atoms with Gasteiger partial charge in [0.2, 0.25) is 0 Å². The Balaban J connectivity index is 2.25. The first-order valence-corrected chi connectivity index (χ1v) is 5.16. The molecule has 0 aliphatic carbocycles. The fourth-order valence-corrected chi connectivity index (χ4v) is 1.50. The van der Waals surface area contributed by atoms with Gasteiger partial charge >= 0.3 is 0 Å². The van der Waals surface area contributed by atoms with Crippen LogP contribution in [0.5, 0.6) is 0 Å². The van der Waals surface area contributed by atoms with Gasteiger partial charge in [-0.25, -0.2) is 9.97 Å². The molecule has 3 N–H and O–H groups in total. The number of carbonyl (C=O) groups is 1. The van der Waals surface area contributed by atoms with Gasteiger partial charge < -0.3 is 11.1 Å². The van der Waals surface area contributed by atoms with Crippen LogP contribution in [0.3, 0.4) is 0 Å². The van der Waals surface area contributed by atoms with E-state index in [1.54, 1.807) is 18.2 Å². The number of carbonyl (C=O) groups excluding carboxylic acids is 1. The summed E-state index contributed by atoms with van der Waals surface area (Å²) in [6, 6.07) is 5.01. The van der Waals surface area contributed by atoms with Crippen molar-refractivity contribution in [2.24, 2.45) is 0 Å². The Morgan fingerprint density at radius 1 is 1.29 bits per heavy atom. The summed E-state index contributed by atoms with van der Waals surface area (Å²) < 4.78 is 0. The quantitative estimate of drug-likeness (QED) is 0.796. The van der Waals surface area contributed by atoms with Gasteiger partial charge in [0, 0.05) is 12.4 Å². The summed E-state index contributed by atoms with van der Waals surface area (Å²) in [6.45, 7) is 0. The minimum Gasteiger partial charge on any atom is -0.397 e. The lowest BCUT2D eigenvalue weighted by Crippen LogP contribution is -2.14. The topological polar surface area (TPSA) is 80.9 Å². The van der Waals surface area contributed by atoms with E-state index < -0.39 is 0 Å². The van der Waals surface area contributed by atoms with Gasteiger partial charge in [-0.05, 0) is 12.1 Å². The van der Waals surface area contributed by atoms with Gasteiger partial charge in [-0.2, -0.15) is 0 Å². The number of halogens is 1. The lowest BCUT2D eigenvalue weighted by Gasteiger charge is -2.09. The van der Waals surface area contributed by atoms with Crippen LogP contribution in [0.25, 0.3) is 0 Å². The van der Waals surface area contributed by atoms with Crippen LogP contribution in [0.15, 0.2) is 36.9 Å². The highest BCUT2D eigenvalue weighted by atomic mass is 35.5. The maximum Gasteiger partial charge on any atom is 0.258 e. The third-order valence-corrected chi connectivity index (χ3v) is 2.42. The number of para-hydroxylation sites is 1. The average Bonchev–Trinajstić information content (AvgIpc) is 2.35. The zero-order chi connectivity index (χ0) is 12.3. The molecule has 0 bridgehead atoms. The summed E-state index contributed by atoms with van der Waals surface area (Å²) in [7, 11) is 0. The number of anilines is 2. The molecule has 86 valence electrons. The van der Waals surface area contributed by atoms with E-state index >= 15 is 0 Å². The molecule has 2 rings (SSSR count). The molecule has 0 saturated heterocycles. The molecule has 17 heavy (non-hydrogen) atoms. The molecule has 0 aliphatic rings. The molecule has 0 spiro atoms. The van der Waals surface area contributed by atoms with Crippen LogP contribution in [0.4, 0.5) is 11.4 Å². The van der Waals surface area contributed by atoms with Crippen LogP contribution >= 0.6 is 11.6 Å². The molecular weight excluding hydrogens is 240 g/mol. The van der Waals surface area contributed by atoms with E-state index in [0.29, 0.717) is 22.0 Å². The maximum absolute atomic E-state index is 11.8. The number of amides is 1. The fourth-order valence-electron chi connectivity index (χ4n) is 1.27. The molecule has 0 atom stereocenters. The third kappa shape index (κ3) is 2.51. The molecule has 5 nitrogen and oxygen atoms in total. The number of nitrogen functional groups attached to an aromatic ring is 1. The summed E-state index contributed by atoms with van der Waals surface area (Å²) in [4.78, 5) is 19.3. The van der Waals surface area contributed by atoms with E-state index in [4.69, 9.17) is 17.3 Å². The first-order valence-electron chi connectivity index (χ1n) is 4.79.